The molecule has 2 heteroatoms. The van der Waals surface area contributed by atoms with Gasteiger partial charge in [-0.05, 0) is 80.6 Å². The quantitative estimate of drug-likeness (QED) is 0.412. The molecule has 1 fully saturated rings. The van der Waals surface area contributed by atoms with E-state index in [2.05, 4.69) is 74.2 Å². The summed E-state index contributed by atoms with van der Waals surface area (Å²) in [4.78, 5) is 15.5. The molecule has 30 heavy (non-hydrogen) atoms. The Labute approximate surface area is 183 Å². The van der Waals surface area contributed by atoms with Crippen molar-refractivity contribution in [3.8, 4) is 0 Å². The van der Waals surface area contributed by atoms with E-state index in [1.54, 1.807) is 0 Å². The number of carbonyl (C=O) groups excluding carboxylic acids is 1. The molecule has 0 heterocycles. The molecule has 0 spiro atoms. The molecular formula is C28H37NO. The van der Waals surface area contributed by atoms with E-state index >= 15 is 0 Å². The smallest absolute Gasteiger partial charge is 0.227 e. The second kappa shape index (κ2) is 11.2. The van der Waals surface area contributed by atoms with Crippen LogP contribution < -0.4 is 0 Å². The average Bonchev–Trinajstić information content (AvgIpc) is 2.99. The summed E-state index contributed by atoms with van der Waals surface area (Å²) in [7, 11) is 0. The van der Waals surface area contributed by atoms with Gasteiger partial charge in [0.1, 0.15) is 0 Å². The van der Waals surface area contributed by atoms with Gasteiger partial charge in [-0.25, -0.2) is 0 Å². The molecule has 0 N–H and O–H groups in total. The lowest BCUT2D eigenvalue weighted by molar-refractivity contribution is -0.129. The molecule has 2 nitrogen and oxygen atoms in total. The van der Waals surface area contributed by atoms with Gasteiger partial charge in [0.25, 0.3) is 0 Å². The lowest BCUT2D eigenvalue weighted by Crippen LogP contribution is -2.31. The second-order valence-electron chi connectivity index (χ2n) is 8.72. The van der Waals surface area contributed by atoms with Gasteiger partial charge >= 0.3 is 0 Å². The van der Waals surface area contributed by atoms with Crippen molar-refractivity contribution in [1.82, 2.24) is 4.90 Å². The molecule has 0 aromatic heterocycles. The van der Waals surface area contributed by atoms with Crippen molar-refractivity contribution in [2.75, 3.05) is 6.54 Å². The first-order valence-corrected chi connectivity index (χ1v) is 11.7. The van der Waals surface area contributed by atoms with Crippen LogP contribution in [0.5, 0.6) is 0 Å². The minimum absolute atomic E-state index is 0.219. The third kappa shape index (κ3) is 6.08. The van der Waals surface area contributed by atoms with Gasteiger partial charge in [-0.1, -0.05) is 68.0 Å². The molecule has 3 rings (SSSR count). The summed E-state index contributed by atoms with van der Waals surface area (Å²) in [5.41, 5.74) is 6.67. The van der Waals surface area contributed by atoms with E-state index in [0.29, 0.717) is 6.42 Å². The predicted octanol–water partition coefficient (Wildman–Crippen LogP) is 7.47. The van der Waals surface area contributed by atoms with E-state index in [-0.39, 0.29) is 11.8 Å². The summed E-state index contributed by atoms with van der Waals surface area (Å²) in [5.74, 6) is 0.452. The lowest BCUT2D eigenvalue weighted by Gasteiger charge is -2.26. The van der Waals surface area contributed by atoms with Gasteiger partial charge < -0.3 is 4.90 Å². The third-order valence-corrected chi connectivity index (χ3v) is 6.43. The lowest BCUT2D eigenvalue weighted by atomic mass is 9.89. The number of fused-ring (bicyclic) bond motifs is 1. The van der Waals surface area contributed by atoms with E-state index in [1.165, 1.54) is 41.5 Å². The van der Waals surface area contributed by atoms with Crippen LogP contribution in [0.4, 0.5) is 0 Å². The van der Waals surface area contributed by atoms with Crippen LogP contribution in [-0.2, 0) is 4.79 Å². The first-order chi connectivity index (χ1) is 14.6. The van der Waals surface area contributed by atoms with Crippen molar-refractivity contribution in [3.05, 3.63) is 82.6 Å². The Bertz CT molecular complexity index is 841. The molecule has 160 valence electrons. The molecule has 2 aliphatic carbocycles. The predicted molar refractivity (Wildman–Crippen MR) is 127 cm³/mol. The zero-order valence-corrected chi connectivity index (χ0v) is 19.0. The fourth-order valence-electron chi connectivity index (χ4n) is 4.35. The summed E-state index contributed by atoms with van der Waals surface area (Å²) in [6.07, 6.45) is 17.5. The first kappa shape index (κ1) is 22.3. The van der Waals surface area contributed by atoms with Gasteiger partial charge in [-0.2, -0.15) is 0 Å². The Balaban J connectivity index is 1.79. The van der Waals surface area contributed by atoms with E-state index in [9.17, 15) is 4.79 Å². The SMILES string of the molecule is CCC(C)=CCCN(C(=O)CC(C)c1ccccc1)C1=CCC=C2CCCCC2=C1. The molecule has 1 unspecified atom stereocenters. The van der Waals surface area contributed by atoms with Gasteiger partial charge in [0.2, 0.25) is 5.91 Å². The Morgan fingerprint density at radius 3 is 2.57 bits per heavy atom. The molecule has 0 bridgehead atoms. The van der Waals surface area contributed by atoms with Crippen LogP contribution in [0.1, 0.15) is 83.6 Å². The molecule has 2 aliphatic rings. The minimum Gasteiger partial charge on any atom is -0.312 e. The first-order valence-electron chi connectivity index (χ1n) is 11.7. The van der Waals surface area contributed by atoms with Crippen LogP contribution in [0.25, 0.3) is 0 Å². The molecule has 1 aromatic carbocycles. The highest BCUT2D eigenvalue weighted by Crippen LogP contribution is 2.33. The number of rotatable bonds is 8. The van der Waals surface area contributed by atoms with E-state index in [0.717, 1.165) is 37.9 Å². The van der Waals surface area contributed by atoms with E-state index in [1.807, 2.05) is 6.07 Å². The van der Waals surface area contributed by atoms with Crippen molar-refractivity contribution >= 4 is 5.91 Å². The maximum absolute atomic E-state index is 13.5. The monoisotopic (exact) mass is 403 g/mol. The summed E-state index contributed by atoms with van der Waals surface area (Å²) in [6, 6.07) is 10.4. The van der Waals surface area contributed by atoms with Crippen LogP contribution in [0.2, 0.25) is 0 Å². The molecular weight excluding hydrogens is 366 g/mol. The van der Waals surface area contributed by atoms with Gasteiger partial charge in [-0.15, -0.1) is 0 Å². The maximum atomic E-state index is 13.5. The van der Waals surface area contributed by atoms with E-state index < -0.39 is 0 Å². The van der Waals surface area contributed by atoms with Crippen molar-refractivity contribution in [2.24, 2.45) is 0 Å². The largest absolute Gasteiger partial charge is 0.312 e. The number of carbonyl (C=O) groups is 1. The van der Waals surface area contributed by atoms with Crippen LogP contribution in [0, 0.1) is 0 Å². The highest BCUT2D eigenvalue weighted by Gasteiger charge is 2.22. The van der Waals surface area contributed by atoms with E-state index in [4.69, 9.17) is 0 Å². The van der Waals surface area contributed by atoms with Crippen molar-refractivity contribution in [1.29, 1.82) is 0 Å². The average molecular weight is 404 g/mol. The fraction of sp³-hybridized carbons (Fsp3) is 0.464. The molecule has 1 saturated carbocycles. The van der Waals surface area contributed by atoms with Gasteiger partial charge in [0.05, 0.1) is 0 Å². The molecule has 1 aromatic rings. The number of allylic oxidation sites excluding steroid dienone is 6. The Kier molecular flexibility index (Phi) is 8.30. The summed E-state index contributed by atoms with van der Waals surface area (Å²) < 4.78 is 0. The molecule has 0 saturated heterocycles. The van der Waals surface area contributed by atoms with Crippen LogP contribution in [-0.4, -0.2) is 17.4 Å². The number of hydrogen-bond donors (Lipinski definition) is 0. The Morgan fingerprint density at radius 1 is 1.10 bits per heavy atom. The topological polar surface area (TPSA) is 20.3 Å². The van der Waals surface area contributed by atoms with Crippen LogP contribution >= 0.6 is 0 Å². The van der Waals surface area contributed by atoms with Crippen molar-refractivity contribution in [3.63, 3.8) is 0 Å². The second-order valence-corrected chi connectivity index (χ2v) is 8.72. The Morgan fingerprint density at radius 2 is 1.83 bits per heavy atom. The van der Waals surface area contributed by atoms with Crippen molar-refractivity contribution < 1.29 is 4.79 Å². The molecule has 1 amide bonds. The summed E-state index contributed by atoms with van der Waals surface area (Å²) in [6.45, 7) is 7.27. The Hall–Kier alpha value is -2.35. The molecule has 0 radical (unpaired) electrons. The van der Waals surface area contributed by atoms with Crippen LogP contribution in [0.15, 0.2) is 77.1 Å². The number of nitrogens with zero attached hydrogens (tertiary/aromatic N) is 1. The van der Waals surface area contributed by atoms with Gasteiger partial charge in [0, 0.05) is 18.7 Å². The minimum atomic E-state index is 0.219. The normalized spacial score (nSPS) is 17.8. The number of amides is 1. The summed E-state index contributed by atoms with van der Waals surface area (Å²) in [5, 5.41) is 0. The molecule has 1 atom stereocenters. The maximum Gasteiger partial charge on any atom is 0.227 e. The molecule has 0 aliphatic heterocycles. The zero-order valence-electron chi connectivity index (χ0n) is 19.0. The zero-order chi connectivity index (χ0) is 21.3. The van der Waals surface area contributed by atoms with Gasteiger partial charge in [-0.3, -0.25) is 4.79 Å². The standard InChI is InChI=1S/C28H37NO/c1-4-22(2)12-11-19-29(28(30)20-23(3)24-13-6-5-7-14-24)27-18-10-17-25-15-8-9-16-26(25)21-27/h5-7,12-14,17-18,21,23H,4,8-11,15-16,19-20H2,1-3H3. The fourth-order valence-corrected chi connectivity index (χ4v) is 4.35. The number of benzene rings is 1. The van der Waals surface area contributed by atoms with Crippen LogP contribution in [0.3, 0.4) is 0 Å². The summed E-state index contributed by atoms with van der Waals surface area (Å²) >= 11 is 0. The third-order valence-electron chi connectivity index (χ3n) is 6.43. The van der Waals surface area contributed by atoms with Gasteiger partial charge in [0.15, 0.2) is 0 Å². The number of hydrogen-bond acceptors (Lipinski definition) is 1. The van der Waals surface area contributed by atoms with Crippen molar-refractivity contribution in [2.45, 2.75) is 78.1 Å². The highest BCUT2D eigenvalue weighted by molar-refractivity contribution is 5.79. The highest BCUT2D eigenvalue weighted by atomic mass is 16.2.